The van der Waals surface area contributed by atoms with Gasteiger partial charge in [0.1, 0.15) is 17.4 Å². The van der Waals surface area contributed by atoms with E-state index in [-0.39, 0.29) is 13.6 Å². The van der Waals surface area contributed by atoms with Crippen LogP contribution in [-0.4, -0.2) is 45.7 Å². The number of aromatic nitrogens is 1. The van der Waals surface area contributed by atoms with E-state index in [1.165, 1.54) is 0 Å². The number of hydrogen-bond acceptors (Lipinski definition) is 4. The number of nitrogens with zero attached hydrogens (tertiary/aromatic N) is 1. The Morgan fingerprint density at radius 3 is 2.52 bits per heavy atom. The fraction of sp³-hybridized carbons (Fsp3) is 0.375. The minimum atomic E-state index is -1.06. The number of methoxy groups -OCH3 is 1. The third-order valence-electron chi connectivity index (χ3n) is 5.49. The van der Waals surface area contributed by atoms with E-state index in [1.54, 1.807) is 18.3 Å². The number of hydrogen-bond donors (Lipinski definition) is 1. The lowest BCUT2D eigenvalue weighted by Crippen LogP contribution is -2.43. The summed E-state index contributed by atoms with van der Waals surface area (Å²) in [6, 6.07) is 13.3. The molecule has 2 heterocycles. The maximum atomic E-state index is 13.1. The van der Waals surface area contributed by atoms with E-state index in [0.717, 1.165) is 38.4 Å². The second-order valence-corrected chi connectivity index (χ2v) is 10.2. The highest BCUT2D eigenvalue weighted by Crippen LogP contribution is 2.40. The molecule has 2 atom stereocenters. The van der Waals surface area contributed by atoms with Gasteiger partial charge in [-0.1, -0.05) is 12.1 Å². The zero-order valence-corrected chi connectivity index (χ0v) is 19.3. The number of benzene rings is 2. The Bertz CT molecular complexity index is 1150. The van der Waals surface area contributed by atoms with Gasteiger partial charge in [0.05, 0.1) is 7.11 Å². The SMILES string of the molecule is COc1ccc(C2c3[nH]c4ccc(S(C)=O)cc4c3CCN2C(=O)OC(C)(C)C)cc1.[HH]. The Morgan fingerprint density at radius 1 is 1.19 bits per heavy atom. The second kappa shape index (κ2) is 8.04. The van der Waals surface area contributed by atoms with Gasteiger partial charge in [-0.2, -0.15) is 0 Å². The zero-order chi connectivity index (χ0) is 22.3. The molecule has 1 aromatic heterocycles. The molecule has 3 aromatic rings. The summed E-state index contributed by atoms with van der Waals surface area (Å²) in [7, 11) is 0.576. The summed E-state index contributed by atoms with van der Waals surface area (Å²) in [5.41, 5.74) is 3.49. The maximum absolute atomic E-state index is 13.1. The summed E-state index contributed by atoms with van der Waals surface area (Å²) in [5.74, 6) is 0.760. The molecule has 1 amide bonds. The summed E-state index contributed by atoms with van der Waals surface area (Å²) in [6.45, 7) is 6.15. The van der Waals surface area contributed by atoms with Crippen LogP contribution in [0.1, 0.15) is 45.1 Å². The van der Waals surface area contributed by atoms with Crippen LogP contribution >= 0.6 is 0 Å². The van der Waals surface area contributed by atoms with E-state index in [0.29, 0.717) is 13.0 Å². The molecule has 0 fully saturated rings. The zero-order valence-electron chi connectivity index (χ0n) is 18.5. The van der Waals surface area contributed by atoms with Crippen LogP contribution in [0.3, 0.4) is 0 Å². The third-order valence-corrected chi connectivity index (χ3v) is 6.41. The van der Waals surface area contributed by atoms with Crippen molar-refractivity contribution in [2.75, 3.05) is 19.9 Å². The Kier molecular flexibility index (Phi) is 5.56. The second-order valence-electron chi connectivity index (χ2n) is 8.78. The molecule has 0 spiro atoms. The number of carbonyl (C=O) groups excluding carboxylic acids is 1. The van der Waals surface area contributed by atoms with Crippen molar-refractivity contribution in [2.45, 2.75) is 43.7 Å². The third kappa shape index (κ3) is 4.19. The van der Waals surface area contributed by atoms with Crippen molar-refractivity contribution in [1.82, 2.24) is 9.88 Å². The molecule has 0 saturated heterocycles. The summed E-state index contributed by atoms with van der Waals surface area (Å²) in [5, 5.41) is 1.06. The van der Waals surface area contributed by atoms with Crippen LogP contribution in [-0.2, 0) is 22.0 Å². The van der Waals surface area contributed by atoms with Gasteiger partial charge < -0.3 is 14.5 Å². The quantitative estimate of drug-likeness (QED) is 0.617. The molecular formula is C24H30N2O4S. The van der Waals surface area contributed by atoms with E-state index >= 15 is 0 Å². The summed E-state index contributed by atoms with van der Waals surface area (Å²) < 4.78 is 23.0. The van der Waals surface area contributed by atoms with Gasteiger partial charge in [0.15, 0.2) is 0 Å². The van der Waals surface area contributed by atoms with Crippen LogP contribution in [0.5, 0.6) is 5.75 Å². The van der Waals surface area contributed by atoms with Crippen molar-refractivity contribution in [3.8, 4) is 5.75 Å². The molecular weight excluding hydrogens is 412 g/mol. The average molecular weight is 443 g/mol. The molecule has 31 heavy (non-hydrogen) atoms. The molecule has 2 aromatic carbocycles. The Hall–Kier alpha value is -2.80. The highest BCUT2D eigenvalue weighted by molar-refractivity contribution is 7.84. The Balaban J connectivity index is 0.00000289. The first-order chi connectivity index (χ1) is 14.7. The lowest BCUT2D eigenvalue weighted by atomic mass is 9.92. The molecule has 0 aliphatic carbocycles. The number of aromatic amines is 1. The van der Waals surface area contributed by atoms with E-state index < -0.39 is 16.4 Å². The maximum Gasteiger partial charge on any atom is 0.411 e. The first-order valence-corrected chi connectivity index (χ1v) is 11.9. The Morgan fingerprint density at radius 2 is 1.90 bits per heavy atom. The van der Waals surface area contributed by atoms with Gasteiger partial charge in [0.25, 0.3) is 0 Å². The number of ether oxygens (including phenoxy) is 2. The molecule has 2 unspecified atom stereocenters. The van der Waals surface area contributed by atoms with E-state index in [1.807, 2.05) is 63.2 Å². The summed E-state index contributed by atoms with van der Waals surface area (Å²) in [6.07, 6.45) is 2.04. The van der Waals surface area contributed by atoms with Gasteiger partial charge >= 0.3 is 6.09 Å². The lowest BCUT2D eigenvalue weighted by Gasteiger charge is -2.37. The van der Waals surface area contributed by atoms with Gasteiger partial charge in [-0.05, 0) is 68.7 Å². The molecule has 166 valence electrons. The molecule has 4 rings (SSSR count). The summed E-state index contributed by atoms with van der Waals surface area (Å²) in [4.78, 5) is 19.2. The predicted octanol–water partition coefficient (Wildman–Crippen LogP) is 5.04. The molecule has 0 saturated carbocycles. The van der Waals surface area contributed by atoms with Gasteiger partial charge in [-0.15, -0.1) is 0 Å². The fourth-order valence-corrected chi connectivity index (χ4v) is 4.64. The summed E-state index contributed by atoms with van der Waals surface area (Å²) >= 11 is 0. The molecule has 6 nitrogen and oxygen atoms in total. The minimum Gasteiger partial charge on any atom is -0.497 e. The fourth-order valence-electron chi connectivity index (χ4n) is 4.10. The number of carbonyl (C=O) groups is 1. The monoisotopic (exact) mass is 442 g/mol. The molecule has 1 aliphatic rings. The first kappa shape index (κ1) is 21.4. The van der Waals surface area contributed by atoms with Crippen LogP contribution in [0, 0.1) is 0 Å². The van der Waals surface area contributed by atoms with Crippen molar-refractivity contribution >= 4 is 27.8 Å². The number of fused-ring (bicyclic) bond motifs is 3. The van der Waals surface area contributed by atoms with Crippen molar-refractivity contribution < 1.29 is 19.9 Å². The molecule has 0 radical (unpaired) electrons. The van der Waals surface area contributed by atoms with Crippen LogP contribution in [0.15, 0.2) is 47.4 Å². The normalized spacial score (nSPS) is 17.3. The Labute approximate surface area is 186 Å². The molecule has 1 N–H and O–H groups in total. The number of H-pyrrole nitrogens is 1. The largest absolute Gasteiger partial charge is 0.497 e. The van der Waals surface area contributed by atoms with Crippen molar-refractivity contribution in [1.29, 1.82) is 0 Å². The number of rotatable bonds is 3. The van der Waals surface area contributed by atoms with Gasteiger partial charge in [0, 0.05) is 46.5 Å². The van der Waals surface area contributed by atoms with E-state index in [4.69, 9.17) is 9.47 Å². The van der Waals surface area contributed by atoms with Gasteiger partial charge in [-0.3, -0.25) is 9.11 Å². The van der Waals surface area contributed by atoms with E-state index in [9.17, 15) is 9.00 Å². The van der Waals surface area contributed by atoms with Gasteiger partial charge in [0.2, 0.25) is 0 Å². The van der Waals surface area contributed by atoms with Crippen molar-refractivity contribution in [3.63, 3.8) is 0 Å². The average Bonchev–Trinajstić information content (AvgIpc) is 3.09. The number of nitrogens with one attached hydrogen (secondary N) is 1. The highest BCUT2D eigenvalue weighted by atomic mass is 32.2. The smallest absolute Gasteiger partial charge is 0.411 e. The highest BCUT2D eigenvalue weighted by Gasteiger charge is 2.36. The van der Waals surface area contributed by atoms with Crippen molar-refractivity contribution in [2.24, 2.45) is 0 Å². The predicted molar refractivity (Wildman–Crippen MR) is 124 cm³/mol. The van der Waals surface area contributed by atoms with Crippen LogP contribution in [0.25, 0.3) is 10.9 Å². The van der Waals surface area contributed by atoms with Crippen LogP contribution in [0.2, 0.25) is 0 Å². The molecule has 0 bridgehead atoms. The molecule has 1 aliphatic heterocycles. The van der Waals surface area contributed by atoms with Gasteiger partial charge in [-0.25, -0.2) is 4.79 Å². The lowest BCUT2D eigenvalue weighted by molar-refractivity contribution is 0.0175. The standard InChI is InChI=1S/C24H28N2O4S.H2/c1-24(2,3)30-23(27)26-13-12-18-19-14-17(31(5)28)10-11-20(19)25-21(18)22(26)15-6-8-16(29-4)9-7-15;/h6-11,14,22,25H,12-13H2,1-5H3;1H. The molecule has 7 heteroatoms. The number of amides is 1. The van der Waals surface area contributed by atoms with Crippen molar-refractivity contribution in [3.05, 3.63) is 59.3 Å². The van der Waals surface area contributed by atoms with E-state index in [2.05, 4.69) is 4.98 Å². The van der Waals surface area contributed by atoms with Crippen LogP contribution in [0.4, 0.5) is 4.79 Å². The minimum absolute atomic E-state index is 0. The first-order valence-electron chi connectivity index (χ1n) is 10.3. The topological polar surface area (TPSA) is 71.6 Å². The van der Waals surface area contributed by atoms with Crippen LogP contribution < -0.4 is 4.74 Å².